The van der Waals surface area contributed by atoms with Crippen LogP contribution in [0.1, 0.15) is 35.0 Å². The van der Waals surface area contributed by atoms with Crippen molar-refractivity contribution < 1.29 is 4.52 Å². The van der Waals surface area contributed by atoms with E-state index in [2.05, 4.69) is 22.3 Å². The molecule has 118 valence electrons. The number of rotatable bonds is 5. The van der Waals surface area contributed by atoms with E-state index in [1.165, 1.54) is 5.56 Å². The van der Waals surface area contributed by atoms with Crippen LogP contribution in [-0.4, -0.2) is 10.1 Å². The van der Waals surface area contributed by atoms with Crippen LogP contribution in [0.5, 0.6) is 0 Å². The molecule has 1 heterocycles. The average Bonchev–Trinajstić information content (AvgIpc) is 3.03. The van der Waals surface area contributed by atoms with Crippen LogP contribution in [0, 0.1) is 13.8 Å². The van der Waals surface area contributed by atoms with Gasteiger partial charge in [0.05, 0.1) is 6.04 Å². The smallest absolute Gasteiger partial charge is 0.243 e. The number of aryl methyl sites for hydroxylation is 3. The van der Waals surface area contributed by atoms with Gasteiger partial charge in [-0.1, -0.05) is 53.7 Å². The third kappa shape index (κ3) is 3.48. The maximum Gasteiger partial charge on any atom is 0.243 e. The Labute approximate surface area is 136 Å². The van der Waals surface area contributed by atoms with Crippen molar-refractivity contribution in [3.8, 4) is 11.4 Å². The van der Waals surface area contributed by atoms with Crippen molar-refractivity contribution in [3.63, 3.8) is 0 Å². The van der Waals surface area contributed by atoms with Crippen LogP contribution in [0.25, 0.3) is 11.4 Å². The zero-order valence-electron chi connectivity index (χ0n) is 13.5. The zero-order chi connectivity index (χ0) is 16.2. The van der Waals surface area contributed by atoms with Gasteiger partial charge in [-0.05, 0) is 43.4 Å². The molecule has 23 heavy (non-hydrogen) atoms. The molecule has 3 rings (SSSR count). The van der Waals surface area contributed by atoms with Crippen molar-refractivity contribution in [2.24, 2.45) is 5.73 Å². The van der Waals surface area contributed by atoms with Crippen LogP contribution in [0.4, 0.5) is 0 Å². The van der Waals surface area contributed by atoms with E-state index < -0.39 is 0 Å². The molecule has 2 aromatic carbocycles. The van der Waals surface area contributed by atoms with Crippen molar-refractivity contribution >= 4 is 0 Å². The first-order valence-electron chi connectivity index (χ1n) is 7.85. The average molecular weight is 307 g/mol. The molecular formula is C19H21N3O. The summed E-state index contributed by atoms with van der Waals surface area (Å²) in [6.45, 7) is 4.10. The standard InChI is InChI=1S/C19H21N3O/c1-13-7-6-8-14(2)17(13)18-21-19(23-22-18)16(20)12-11-15-9-4-3-5-10-15/h3-10,16H,11-12,20H2,1-2H3/t16-/m1/s1. The third-order valence-electron chi connectivity index (χ3n) is 4.05. The van der Waals surface area contributed by atoms with Gasteiger partial charge in [0.2, 0.25) is 11.7 Å². The lowest BCUT2D eigenvalue weighted by atomic mass is 10.0. The highest BCUT2D eigenvalue weighted by Crippen LogP contribution is 2.26. The van der Waals surface area contributed by atoms with Crippen molar-refractivity contribution in [3.05, 3.63) is 71.1 Å². The van der Waals surface area contributed by atoms with Crippen LogP contribution in [0.3, 0.4) is 0 Å². The molecule has 0 spiro atoms. The molecular weight excluding hydrogens is 286 g/mol. The summed E-state index contributed by atoms with van der Waals surface area (Å²) in [7, 11) is 0. The van der Waals surface area contributed by atoms with E-state index in [1.807, 2.05) is 50.2 Å². The molecule has 0 amide bonds. The molecule has 3 aromatic rings. The molecule has 0 bridgehead atoms. The third-order valence-corrected chi connectivity index (χ3v) is 4.05. The lowest BCUT2D eigenvalue weighted by molar-refractivity contribution is 0.349. The number of nitrogens with zero attached hydrogens (tertiary/aromatic N) is 2. The van der Waals surface area contributed by atoms with Gasteiger partial charge in [0, 0.05) is 5.56 Å². The van der Waals surface area contributed by atoms with Gasteiger partial charge >= 0.3 is 0 Å². The van der Waals surface area contributed by atoms with Crippen LogP contribution in [0.2, 0.25) is 0 Å². The van der Waals surface area contributed by atoms with E-state index in [1.54, 1.807) is 0 Å². The van der Waals surface area contributed by atoms with Crippen LogP contribution in [-0.2, 0) is 6.42 Å². The fourth-order valence-corrected chi connectivity index (χ4v) is 2.74. The van der Waals surface area contributed by atoms with Gasteiger partial charge in [0.1, 0.15) is 0 Å². The topological polar surface area (TPSA) is 64.9 Å². The maximum atomic E-state index is 6.21. The second kappa shape index (κ2) is 6.75. The minimum Gasteiger partial charge on any atom is -0.337 e. The minimum atomic E-state index is -0.249. The molecule has 0 aliphatic carbocycles. The Morgan fingerprint density at radius 1 is 1.00 bits per heavy atom. The summed E-state index contributed by atoms with van der Waals surface area (Å²) in [4.78, 5) is 4.51. The second-order valence-electron chi connectivity index (χ2n) is 5.85. The maximum absolute atomic E-state index is 6.21. The highest BCUT2D eigenvalue weighted by atomic mass is 16.5. The molecule has 2 N–H and O–H groups in total. The number of aromatic nitrogens is 2. The Balaban J connectivity index is 1.74. The molecule has 4 heteroatoms. The van der Waals surface area contributed by atoms with Crippen molar-refractivity contribution in [2.45, 2.75) is 32.7 Å². The fourth-order valence-electron chi connectivity index (χ4n) is 2.74. The monoisotopic (exact) mass is 307 g/mol. The number of hydrogen-bond acceptors (Lipinski definition) is 4. The minimum absolute atomic E-state index is 0.249. The van der Waals surface area contributed by atoms with Crippen LogP contribution < -0.4 is 5.73 Å². The molecule has 0 unspecified atom stereocenters. The molecule has 0 radical (unpaired) electrons. The lowest BCUT2D eigenvalue weighted by Gasteiger charge is -2.06. The Morgan fingerprint density at radius 2 is 1.70 bits per heavy atom. The van der Waals surface area contributed by atoms with Gasteiger partial charge in [-0.3, -0.25) is 0 Å². The highest BCUT2D eigenvalue weighted by Gasteiger charge is 2.17. The summed E-state index contributed by atoms with van der Waals surface area (Å²) < 4.78 is 5.39. The number of benzene rings is 2. The number of nitrogens with two attached hydrogens (primary N) is 1. The van der Waals surface area contributed by atoms with Crippen molar-refractivity contribution in [1.29, 1.82) is 0 Å². The molecule has 4 nitrogen and oxygen atoms in total. The van der Waals surface area contributed by atoms with E-state index in [0.717, 1.165) is 29.5 Å². The Hall–Kier alpha value is -2.46. The molecule has 0 aliphatic rings. The van der Waals surface area contributed by atoms with Gasteiger partial charge < -0.3 is 10.3 Å². The highest BCUT2D eigenvalue weighted by molar-refractivity contribution is 5.63. The number of hydrogen-bond donors (Lipinski definition) is 1. The summed E-state index contributed by atoms with van der Waals surface area (Å²) in [6.07, 6.45) is 1.67. The van der Waals surface area contributed by atoms with E-state index in [-0.39, 0.29) is 6.04 Å². The fraction of sp³-hybridized carbons (Fsp3) is 0.263. The summed E-state index contributed by atoms with van der Waals surface area (Å²) in [5, 5.41) is 4.12. The zero-order valence-corrected chi connectivity index (χ0v) is 13.5. The summed E-state index contributed by atoms with van der Waals surface area (Å²) in [6, 6.07) is 16.2. The SMILES string of the molecule is Cc1cccc(C)c1-c1noc([C@H](N)CCc2ccccc2)n1. The van der Waals surface area contributed by atoms with Crippen LogP contribution >= 0.6 is 0 Å². The Bertz CT molecular complexity index is 760. The molecule has 0 aliphatic heterocycles. The normalized spacial score (nSPS) is 12.3. The van der Waals surface area contributed by atoms with Gasteiger partial charge in [-0.25, -0.2) is 0 Å². The molecule has 0 saturated carbocycles. The quantitative estimate of drug-likeness (QED) is 0.774. The van der Waals surface area contributed by atoms with Gasteiger partial charge in [0.25, 0.3) is 0 Å². The Morgan fingerprint density at radius 3 is 2.39 bits per heavy atom. The lowest BCUT2D eigenvalue weighted by Crippen LogP contribution is -2.11. The predicted molar refractivity (Wildman–Crippen MR) is 90.9 cm³/mol. The van der Waals surface area contributed by atoms with Gasteiger partial charge in [-0.2, -0.15) is 4.98 Å². The van der Waals surface area contributed by atoms with E-state index in [0.29, 0.717) is 11.7 Å². The molecule has 1 aromatic heterocycles. The first-order chi connectivity index (χ1) is 11.1. The van der Waals surface area contributed by atoms with Gasteiger partial charge in [-0.15, -0.1) is 0 Å². The second-order valence-corrected chi connectivity index (χ2v) is 5.85. The van der Waals surface area contributed by atoms with Crippen molar-refractivity contribution in [1.82, 2.24) is 10.1 Å². The Kier molecular flexibility index (Phi) is 4.53. The van der Waals surface area contributed by atoms with Crippen LogP contribution in [0.15, 0.2) is 53.1 Å². The predicted octanol–water partition coefficient (Wildman–Crippen LogP) is 3.99. The largest absolute Gasteiger partial charge is 0.337 e. The van der Waals surface area contributed by atoms with Gasteiger partial charge in [0.15, 0.2) is 0 Å². The summed E-state index contributed by atoms with van der Waals surface area (Å²) in [5.74, 6) is 1.12. The molecule has 0 fully saturated rings. The van der Waals surface area contributed by atoms with Crippen molar-refractivity contribution in [2.75, 3.05) is 0 Å². The summed E-state index contributed by atoms with van der Waals surface area (Å²) in [5.41, 5.74) is 10.8. The van der Waals surface area contributed by atoms with E-state index in [4.69, 9.17) is 10.3 Å². The molecule has 1 atom stereocenters. The summed E-state index contributed by atoms with van der Waals surface area (Å²) >= 11 is 0. The van der Waals surface area contributed by atoms with E-state index in [9.17, 15) is 0 Å². The first-order valence-corrected chi connectivity index (χ1v) is 7.85. The van der Waals surface area contributed by atoms with E-state index >= 15 is 0 Å². The molecule has 0 saturated heterocycles. The first kappa shape index (κ1) is 15.4.